The topological polar surface area (TPSA) is 79.4 Å². The number of carbonyl (C=O) groups is 1. The zero-order valence-electron chi connectivity index (χ0n) is 16.6. The molecule has 30 heavy (non-hydrogen) atoms. The number of halogens is 3. The Morgan fingerprint density at radius 2 is 2.13 bits per heavy atom. The van der Waals surface area contributed by atoms with Gasteiger partial charge >= 0.3 is 12.3 Å². The number of fused-ring (bicyclic) bond motifs is 1. The van der Waals surface area contributed by atoms with Crippen molar-refractivity contribution in [2.45, 2.75) is 38.6 Å². The number of nitrogens with zero attached hydrogens (tertiary/aromatic N) is 3. The number of rotatable bonds is 3. The van der Waals surface area contributed by atoms with Gasteiger partial charge in [-0.05, 0) is 31.5 Å². The number of anilines is 2. The molecule has 2 aromatic heterocycles. The lowest BCUT2D eigenvalue weighted by Crippen LogP contribution is -2.51. The average molecular weight is 421 g/mol. The number of hydrogen-bond acceptors (Lipinski definition) is 6. The van der Waals surface area contributed by atoms with E-state index < -0.39 is 23.9 Å². The van der Waals surface area contributed by atoms with Gasteiger partial charge in [-0.25, -0.2) is 14.8 Å². The van der Waals surface area contributed by atoms with Gasteiger partial charge in [0.2, 0.25) is 0 Å². The van der Waals surface area contributed by atoms with E-state index in [0.29, 0.717) is 30.8 Å². The van der Waals surface area contributed by atoms with Crippen LogP contribution in [0.15, 0.2) is 24.4 Å². The van der Waals surface area contributed by atoms with Crippen LogP contribution in [0.2, 0.25) is 0 Å². The minimum absolute atomic E-state index is 0.0514. The fourth-order valence-corrected chi connectivity index (χ4v) is 3.95. The number of pyridine rings is 2. The van der Waals surface area contributed by atoms with E-state index in [1.807, 2.05) is 11.8 Å². The van der Waals surface area contributed by atoms with Crippen LogP contribution in [-0.4, -0.2) is 41.7 Å². The van der Waals surface area contributed by atoms with Gasteiger partial charge in [0, 0.05) is 43.0 Å². The Morgan fingerprint density at radius 1 is 1.33 bits per heavy atom. The first kappa shape index (κ1) is 20.4. The first-order valence-corrected chi connectivity index (χ1v) is 9.81. The van der Waals surface area contributed by atoms with E-state index in [1.54, 1.807) is 13.0 Å². The summed E-state index contributed by atoms with van der Waals surface area (Å²) in [7, 11) is 0. The molecule has 7 nitrogen and oxygen atoms in total. The predicted molar refractivity (Wildman–Crippen MR) is 105 cm³/mol. The highest BCUT2D eigenvalue weighted by atomic mass is 19.4. The van der Waals surface area contributed by atoms with Crippen LogP contribution < -0.4 is 15.5 Å². The van der Waals surface area contributed by atoms with Gasteiger partial charge in [0.1, 0.15) is 17.7 Å². The van der Waals surface area contributed by atoms with E-state index in [1.165, 1.54) is 6.20 Å². The van der Waals surface area contributed by atoms with Crippen LogP contribution in [0.5, 0.6) is 0 Å². The zero-order chi connectivity index (χ0) is 21.5. The SMILES string of the molecule is CC[C@@H]1CNCCN1c1cc(C(F)(F)F)cc(-c2ccnc3c2[C@H](C)OC(=O)N3)n1. The van der Waals surface area contributed by atoms with E-state index in [4.69, 9.17) is 4.74 Å². The smallest absolute Gasteiger partial charge is 0.416 e. The van der Waals surface area contributed by atoms with Crippen molar-refractivity contribution in [2.75, 3.05) is 29.9 Å². The summed E-state index contributed by atoms with van der Waals surface area (Å²) in [5, 5.41) is 5.77. The maximum absolute atomic E-state index is 13.7. The van der Waals surface area contributed by atoms with E-state index in [2.05, 4.69) is 20.6 Å². The Bertz CT molecular complexity index is 966. The van der Waals surface area contributed by atoms with Crippen LogP contribution in [-0.2, 0) is 10.9 Å². The van der Waals surface area contributed by atoms with Crippen LogP contribution in [0, 0.1) is 0 Å². The molecule has 0 radical (unpaired) electrons. The molecule has 1 fully saturated rings. The van der Waals surface area contributed by atoms with Gasteiger partial charge in [0.15, 0.2) is 0 Å². The summed E-state index contributed by atoms with van der Waals surface area (Å²) in [6, 6.07) is 3.78. The summed E-state index contributed by atoms with van der Waals surface area (Å²) in [6.45, 7) is 5.58. The van der Waals surface area contributed by atoms with Gasteiger partial charge < -0.3 is 15.0 Å². The Balaban J connectivity index is 1.87. The first-order chi connectivity index (χ1) is 14.3. The molecule has 160 valence electrons. The third kappa shape index (κ3) is 3.79. The molecule has 4 rings (SSSR count). The van der Waals surface area contributed by atoms with Crippen LogP contribution in [0.4, 0.5) is 29.6 Å². The molecule has 2 aliphatic heterocycles. The number of cyclic esters (lactones) is 1. The monoisotopic (exact) mass is 421 g/mol. The van der Waals surface area contributed by atoms with Crippen molar-refractivity contribution >= 4 is 17.7 Å². The molecular formula is C20H22F3N5O2. The highest BCUT2D eigenvalue weighted by molar-refractivity contribution is 5.89. The molecule has 1 amide bonds. The number of hydrogen-bond donors (Lipinski definition) is 2. The van der Waals surface area contributed by atoms with Gasteiger partial charge in [0.25, 0.3) is 0 Å². The lowest BCUT2D eigenvalue weighted by atomic mass is 9.99. The van der Waals surface area contributed by atoms with Crippen LogP contribution in [0.3, 0.4) is 0 Å². The third-order valence-corrected chi connectivity index (χ3v) is 5.43. The molecule has 1 saturated heterocycles. The second-order valence-electron chi connectivity index (χ2n) is 7.35. The molecule has 0 aromatic carbocycles. The maximum Gasteiger partial charge on any atom is 0.416 e. The summed E-state index contributed by atoms with van der Waals surface area (Å²) in [6.07, 6.45) is -3.62. The fraction of sp³-hybridized carbons (Fsp3) is 0.450. The standard InChI is InChI=1S/C20H22F3N5O2/c1-3-13-10-24-6-7-28(13)16-9-12(20(21,22)23)8-15(26-16)14-4-5-25-18-17(14)11(2)30-19(29)27-18/h4-5,8-9,11,13,24H,3,6-7,10H2,1-2H3,(H,25,27,29)/t11-,13+/m0/s1. The van der Waals surface area contributed by atoms with Gasteiger partial charge in [-0.2, -0.15) is 13.2 Å². The number of carbonyl (C=O) groups excluding carboxylic acids is 1. The third-order valence-electron chi connectivity index (χ3n) is 5.43. The molecule has 2 N–H and O–H groups in total. The second-order valence-corrected chi connectivity index (χ2v) is 7.35. The normalized spacial score (nSPS) is 21.6. The molecule has 0 spiro atoms. The minimum Gasteiger partial charge on any atom is -0.441 e. The Labute approximate surface area is 171 Å². The molecule has 2 aromatic rings. The lowest BCUT2D eigenvalue weighted by Gasteiger charge is -2.37. The van der Waals surface area contributed by atoms with E-state index >= 15 is 0 Å². The van der Waals surface area contributed by atoms with Crippen molar-refractivity contribution < 1.29 is 22.7 Å². The molecule has 4 heterocycles. The van der Waals surface area contributed by atoms with E-state index in [-0.39, 0.29) is 23.4 Å². The van der Waals surface area contributed by atoms with E-state index in [9.17, 15) is 18.0 Å². The Hall–Kier alpha value is -2.88. The maximum atomic E-state index is 13.7. The van der Waals surface area contributed by atoms with Gasteiger partial charge in [0.05, 0.1) is 11.3 Å². The number of piperazine rings is 1. The van der Waals surface area contributed by atoms with Crippen molar-refractivity contribution in [3.05, 3.63) is 35.5 Å². The molecule has 0 aliphatic carbocycles. The summed E-state index contributed by atoms with van der Waals surface area (Å²) in [5.41, 5.74) is 0.346. The van der Waals surface area contributed by atoms with Crippen LogP contribution in [0.25, 0.3) is 11.3 Å². The van der Waals surface area contributed by atoms with Gasteiger partial charge in [-0.1, -0.05) is 6.92 Å². The molecule has 2 aliphatic rings. The quantitative estimate of drug-likeness (QED) is 0.781. The molecule has 0 saturated carbocycles. The number of ether oxygens (including phenoxy) is 1. The average Bonchev–Trinajstić information content (AvgIpc) is 2.72. The number of alkyl halides is 3. The molecule has 0 unspecified atom stereocenters. The van der Waals surface area contributed by atoms with Crippen molar-refractivity contribution in [2.24, 2.45) is 0 Å². The zero-order valence-corrected chi connectivity index (χ0v) is 16.6. The highest BCUT2D eigenvalue weighted by Gasteiger charge is 2.34. The highest BCUT2D eigenvalue weighted by Crippen LogP contribution is 2.40. The second kappa shape index (κ2) is 7.75. The fourth-order valence-electron chi connectivity index (χ4n) is 3.95. The predicted octanol–water partition coefficient (Wildman–Crippen LogP) is 3.97. The Morgan fingerprint density at radius 3 is 2.87 bits per heavy atom. The van der Waals surface area contributed by atoms with E-state index in [0.717, 1.165) is 18.6 Å². The Kier molecular flexibility index (Phi) is 5.27. The molecular weight excluding hydrogens is 399 g/mol. The van der Waals surface area contributed by atoms with Gasteiger partial charge in [-0.3, -0.25) is 5.32 Å². The summed E-state index contributed by atoms with van der Waals surface area (Å²) in [5.74, 6) is 0.553. The van der Waals surface area contributed by atoms with Crippen molar-refractivity contribution in [1.29, 1.82) is 0 Å². The van der Waals surface area contributed by atoms with Gasteiger partial charge in [-0.15, -0.1) is 0 Å². The lowest BCUT2D eigenvalue weighted by molar-refractivity contribution is -0.137. The number of amides is 1. The molecule has 2 atom stereocenters. The number of nitrogens with one attached hydrogen (secondary N) is 2. The number of aromatic nitrogens is 2. The molecule has 10 heteroatoms. The molecule has 0 bridgehead atoms. The summed E-state index contributed by atoms with van der Waals surface area (Å²) in [4.78, 5) is 22.3. The largest absolute Gasteiger partial charge is 0.441 e. The first-order valence-electron chi connectivity index (χ1n) is 9.81. The summed E-state index contributed by atoms with van der Waals surface area (Å²) >= 11 is 0. The summed E-state index contributed by atoms with van der Waals surface area (Å²) < 4.78 is 46.4. The van der Waals surface area contributed by atoms with Crippen molar-refractivity contribution in [3.8, 4) is 11.3 Å². The van der Waals surface area contributed by atoms with Crippen LogP contribution in [0.1, 0.15) is 37.5 Å². The van der Waals surface area contributed by atoms with Crippen molar-refractivity contribution in [3.63, 3.8) is 0 Å². The van der Waals surface area contributed by atoms with Crippen LogP contribution >= 0.6 is 0 Å². The van der Waals surface area contributed by atoms with Crippen molar-refractivity contribution in [1.82, 2.24) is 15.3 Å². The minimum atomic E-state index is -4.52.